The number of aryl methyl sites for hydroxylation is 1. The second-order valence-electron chi connectivity index (χ2n) is 2.50. The fraction of sp³-hybridized carbons (Fsp3) is 0.375. The molecule has 0 fully saturated rings. The maximum Gasteiger partial charge on any atom is 0.271 e. The Labute approximate surface area is 65.2 Å². The Hall–Kier alpha value is -1.25. The molecular formula is C8H12N2O. The Kier molecular flexibility index (Phi) is 2.31. The summed E-state index contributed by atoms with van der Waals surface area (Å²) in [5.74, 6) is 0. The van der Waals surface area contributed by atoms with Crippen molar-refractivity contribution in [3.63, 3.8) is 0 Å². The number of rotatable bonds is 2. The Morgan fingerprint density at radius 2 is 2.36 bits per heavy atom. The molecule has 3 N–H and O–H groups in total. The highest BCUT2D eigenvalue weighted by molar-refractivity contribution is 5.43. The number of aromatic nitrogens is 1. The standard InChI is InChI=1S/C8H12N2O/c1-2-3-6-4-5-10-8(11)7(6)9/h4-5H,2-3,9H2,1H3,(H,10,11). The summed E-state index contributed by atoms with van der Waals surface area (Å²) in [6.07, 6.45) is 3.51. The van der Waals surface area contributed by atoms with Crippen LogP contribution in [0.2, 0.25) is 0 Å². The first-order valence-corrected chi connectivity index (χ1v) is 3.71. The Morgan fingerprint density at radius 3 is 3.00 bits per heavy atom. The average Bonchev–Trinajstić information content (AvgIpc) is 1.99. The van der Waals surface area contributed by atoms with E-state index in [4.69, 9.17) is 5.73 Å². The lowest BCUT2D eigenvalue weighted by Crippen LogP contribution is -2.13. The van der Waals surface area contributed by atoms with Crippen molar-refractivity contribution in [1.29, 1.82) is 0 Å². The Balaban J connectivity index is 3.06. The van der Waals surface area contributed by atoms with Gasteiger partial charge in [-0.15, -0.1) is 0 Å². The molecule has 60 valence electrons. The molecule has 1 rings (SSSR count). The van der Waals surface area contributed by atoms with Gasteiger partial charge in [0, 0.05) is 6.20 Å². The van der Waals surface area contributed by atoms with E-state index in [1.165, 1.54) is 0 Å². The maximum atomic E-state index is 10.9. The van der Waals surface area contributed by atoms with Crippen LogP contribution in [0.25, 0.3) is 0 Å². The minimum Gasteiger partial charge on any atom is -0.394 e. The van der Waals surface area contributed by atoms with E-state index in [0.29, 0.717) is 5.69 Å². The summed E-state index contributed by atoms with van der Waals surface area (Å²) in [4.78, 5) is 13.5. The summed E-state index contributed by atoms with van der Waals surface area (Å²) in [5, 5.41) is 0. The van der Waals surface area contributed by atoms with Crippen molar-refractivity contribution in [3.8, 4) is 0 Å². The van der Waals surface area contributed by atoms with Crippen LogP contribution in [0.1, 0.15) is 18.9 Å². The highest BCUT2D eigenvalue weighted by atomic mass is 16.1. The van der Waals surface area contributed by atoms with Crippen LogP contribution in [0, 0.1) is 0 Å². The third-order valence-electron chi connectivity index (χ3n) is 1.61. The summed E-state index contributed by atoms with van der Waals surface area (Å²) in [5.41, 5.74) is 6.64. The zero-order chi connectivity index (χ0) is 8.27. The largest absolute Gasteiger partial charge is 0.394 e. The highest BCUT2D eigenvalue weighted by Crippen LogP contribution is 2.06. The molecule has 0 aromatic carbocycles. The van der Waals surface area contributed by atoms with Gasteiger partial charge in [-0.2, -0.15) is 0 Å². The first-order valence-electron chi connectivity index (χ1n) is 3.71. The van der Waals surface area contributed by atoms with Crippen molar-refractivity contribution in [3.05, 3.63) is 28.2 Å². The van der Waals surface area contributed by atoms with E-state index in [2.05, 4.69) is 11.9 Å². The molecule has 0 spiro atoms. The van der Waals surface area contributed by atoms with Gasteiger partial charge < -0.3 is 10.7 Å². The summed E-state index contributed by atoms with van der Waals surface area (Å²) in [6.45, 7) is 2.06. The first-order chi connectivity index (χ1) is 5.25. The highest BCUT2D eigenvalue weighted by Gasteiger charge is 1.99. The zero-order valence-electron chi connectivity index (χ0n) is 6.55. The molecule has 3 heteroatoms. The van der Waals surface area contributed by atoms with Crippen molar-refractivity contribution < 1.29 is 0 Å². The minimum absolute atomic E-state index is 0.184. The van der Waals surface area contributed by atoms with Crippen LogP contribution in [0.4, 0.5) is 5.69 Å². The van der Waals surface area contributed by atoms with Crippen molar-refractivity contribution in [2.45, 2.75) is 19.8 Å². The topological polar surface area (TPSA) is 58.9 Å². The third kappa shape index (κ3) is 1.61. The minimum atomic E-state index is -0.184. The van der Waals surface area contributed by atoms with Gasteiger partial charge in [-0.05, 0) is 18.1 Å². The number of nitrogen functional groups attached to an aromatic ring is 1. The summed E-state index contributed by atoms with van der Waals surface area (Å²) in [7, 11) is 0. The predicted molar refractivity (Wildman–Crippen MR) is 45.5 cm³/mol. The first kappa shape index (κ1) is 7.85. The summed E-state index contributed by atoms with van der Waals surface area (Å²) < 4.78 is 0. The van der Waals surface area contributed by atoms with Crippen LogP contribution < -0.4 is 11.3 Å². The molecule has 3 nitrogen and oxygen atoms in total. The molecule has 0 aliphatic heterocycles. The van der Waals surface area contributed by atoms with Gasteiger partial charge in [0.1, 0.15) is 5.69 Å². The summed E-state index contributed by atoms with van der Waals surface area (Å²) >= 11 is 0. The van der Waals surface area contributed by atoms with E-state index in [0.717, 1.165) is 18.4 Å². The monoisotopic (exact) mass is 152 g/mol. The van der Waals surface area contributed by atoms with Gasteiger partial charge in [-0.3, -0.25) is 4.79 Å². The molecule has 0 bridgehead atoms. The number of hydrogen-bond donors (Lipinski definition) is 2. The fourth-order valence-electron chi connectivity index (χ4n) is 1.02. The number of anilines is 1. The van der Waals surface area contributed by atoms with Crippen molar-refractivity contribution in [2.75, 3.05) is 5.73 Å². The molecular weight excluding hydrogens is 140 g/mol. The van der Waals surface area contributed by atoms with Gasteiger partial charge in [0.25, 0.3) is 5.56 Å². The predicted octanol–water partition coefficient (Wildman–Crippen LogP) is 0.910. The van der Waals surface area contributed by atoms with Gasteiger partial charge in [0.05, 0.1) is 0 Å². The molecule has 0 aliphatic rings. The lowest BCUT2D eigenvalue weighted by atomic mass is 10.1. The van der Waals surface area contributed by atoms with Crippen molar-refractivity contribution >= 4 is 5.69 Å². The zero-order valence-corrected chi connectivity index (χ0v) is 6.55. The number of aromatic amines is 1. The maximum absolute atomic E-state index is 10.9. The second kappa shape index (κ2) is 3.23. The molecule has 0 atom stereocenters. The van der Waals surface area contributed by atoms with Gasteiger partial charge in [-0.1, -0.05) is 13.3 Å². The van der Waals surface area contributed by atoms with Crippen LogP contribution in [0.3, 0.4) is 0 Å². The van der Waals surface area contributed by atoms with E-state index in [-0.39, 0.29) is 5.56 Å². The number of nitrogens with one attached hydrogen (secondary N) is 1. The van der Waals surface area contributed by atoms with Crippen LogP contribution >= 0.6 is 0 Å². The van der Waals surface area contributed by atoms with E-state index < -0.39 is 0 Å². The van der Waals surface area contributed by atoms with Crippen LogP contribution in [0.5, 0.6) is 0 Å². The van der Waals surface area contributed by atoms with E-state index in [1.807, 2.05) is 6.07 Å². The van der Waals surface area contributed by atoms with Crippen LogP contribution in [-0.2, 0) is 6.42 Å². The molecule has 0 unspecified atom stereocenters. The second-order valence-corrected chi connectivity index (χ2v) is 2.50. The van der Waals surface area contributed by atoms with Gasteiger partial charge >= 0.3 is 0 Å². The van der Waals surface area contributed by atoms with Gasteiger partial charge in [0.2, 0.25) is 0 Å². The molecule has 1 aromatic heterocycles. The van der Waals surface area contributed by atoms with Crippen LogP contribution in [0.15, 0.2) is 17.1 Å². The van der Waals surface area contributed by atoms with Gasteiger partial charge in [0.15, 0.2) is 0 Å². The quantitative estimate of drug-likeness (QED) is 0.661. The Bertz CT molecular complexity index is 290. The number of pyridine rings is 1. The third-order valence-corrected chi connectivity index (χ3v) is 1.61. The van der Waals surface area contributed by atoms with Gasteiger partial charge in [-0.25, -0.2) is 0 Å². The van der Waals surface area contributed by atoms with E-state index in [1.54, 1.807) is 6.20 Å². The SMILES string of the molecule is CCCc1cc[nH]c(=O)c1N. The molecule has 1 aromatic rings. The molecule has 1 heterocycles. The average molecular weight is 152 g/mol. The van der Waals surface area contributed by atoms with Crippen molar-refractivity contribution in [2.24, 2.45) is 0 Å². The molecule has 0 aliphatic carbocycles. The fourth-order valence-corrected chi connectivity index (χ4v) is 1.02. The number of nitrogens with two attached hydrogens (primary N) is 1. The van der Waals surface area contributed by atoms with E-state index >= 15 is 0 Å². The number of H-pyrrole nitrogens is 1. The smallest absolute Gasteiger partial charge is 0.271 e. The molecule has 0 saturated heterocycles. The molecule has 0 radical (unpaired) electrons. The molecule has 11 heavy (non-hydrogen) atoms. The molecule has 0 saturated carbocycles. The lowest BCUT2D eigenvalue weighted by Gasteiger charge is -2.00. The lowest BCUT2D eigenvalue weighted by molar-refractivity contribution is 0.918. The van der Waals surface area contributed by atoms with E-state index in [9.17, 15) is 4.79 Å². The van der Waals surface area contributed by atoms with Crippen molar-refractivity contribution in [1.82, 2.24) is 4.98 Å². The summed E-state index contributed by atoms with van der Waals surface area (Å²) in [6, 6.07) is 1.85. The number of hydrogen-bond acceptors (Lipinski definition) is 2. The Morgan fingerprint density at radius 1 is 1.64 bits per heavy atom. The molecule has 0 amide bonds. The normalized spacial score (nSPS) is 9.91. The van der Waals surface area contributed by atoms with Crippen LogP contribution in [-0.4, -0.2) is 4.98 Å².